The van der Waals surface area contributed by atoms with Crippen molar-refractivity contribution in [2.45, 2.75) is 19.4 Å². The van der Waals surface area contributed by atoms with Gasteiger partial charge in [-0.15, -0.1) is 0 Å². The summed E-state index contributed by atoms with van der Waals surface area (Å²) in [5.41, 5.74) is 0.556. The van der Waals surface area contributed by atoms with Crippen molar-refractivity contribution in [3.63, 3.8) is 0 Å². The Morgan fingerprint density at radius 2 is 1.92 bits per heavy atom. The largest absolute Gasteiger partial charge is 0.482 e. The molecule has 1 N–H and O–H groups in total. The molecule has 0 saturated carbocycles. The summed E-state index contributed by atoms with van der Waals surface area (Å²) in [6.45, 7) is 3.52. The Morgan fingerprint density at radius 1 is 1.21 bits per heavy atom. The maximum absolute atomic E-state index is 12.2. The molecule has 4 nitrogen and oxygen atoms in total. The van der Waals surface area contributed by atoms with Gasteiger partial charge in [0.05, 0.1) is 21.1 Å². The Kier molecular flexibility index (Phi) is 5.71. The average Bonchev–Trinajstić information content (AvgIpc) is 2.55. The Morgan fingerprint density at radius 3 is 2.58 bits per heavy atom. The van der Waals surface area contributed by atoms with Crippen LogP contribution in [0.4, 0.5) is 0 Å². The number of ether oxygens (including phenoxy) is 1. The molecule has 0 heterocycles. The van der Waals surface area contributed by atoms with Gasteiger partial charge in [-0.05, 0) is 43.7 Å². The van der Waals surface area contributed by atoms with Gasteiger partial charge in [0, 0.05) is 0 Å². The fourth-order valence-corrected chi connectivity index (χ4v) is 2.47. The summed E-state index contributed by atoms with van der Waals surface area (Å²) in [4.78, 5) is 12.2. The first-order valence-electron chi connectivity index (χ1n) is 7.22. The molecule has 0 saturated heterocycles. The van der Waals surface area contributed by atoms with Crippen molar-refractivity contribution >= 4 is 29.1 Å². The van der Waals surface area contributed by atoms with Crippen LogP contribution in [-0.4, -0.2) is 12.5 Å². The van der Waals surface area contributed by atoms with E-state index in [2.05, 4.69) is 5.32 Å². The summed E-state index contributed by atoms with van der Waals surface area (Å²) in [7, 11) is 0. The summed E-state index contributed by atoms with van der Waals surface area (Å²) >= 11 is 11.9. The van der Waals surface area contributed by atoms with Gasteiger partial charge in [0.2, 0.25) is 0 Å². The van der Waals surface area contributed by atoms with Crippen molar-refractivity contribution in [1.29, 1.82) is 5.26 Å². The fraction of sp³-hybridized carbons (Fsp3) is 0.222. The number of hydrogen-bond donors (Lipinski definition) is 1. The van der Waals surface area contributed by atoms with Crippen LogP contribution in [0.3, 0.4) is 0 Å². The Labute approximate surface area is 151 Å². The first kappa shape index (κ1) is 18.1. The van der Waals surface area contributed by atoms with E-state index in [1.165, 1.54) is 0 Å². The highest BCUT2D eigenvalue weighted by Gasteiger charge is 2.24. The number of benzene rings is 2. The van der Waals surface area contributed by atoms with Crippen LogP contribution in [0.15, 0.2) is 42.5 Å². The molecular weight excluding hydrogens is 347 g/mol. The minimum atomic E-state index is -0.649. The van der Waals surface area contributed by atoms with E-state index in [1.54, 1.807) is 42.5 Å². The highest BCUT2D eigenvalue weighted by molar-refractivity contribution is 6.42. The molecule has 124 valence electrons. The van der Waals surface area contributed by atoms with Crippen LogP contribution in [0.5, 0.6) is 5.75 Å². The van der Waals surface area contributed by atoms with Crippen molar-refractivity contribution in [1.82, 2.24) is 5.32 Å². The first-order valence-corrected chi connectivity index (χ1v) is 7.97. The molecule has 0 aliphatic carbocycles. The molecule has 0 aliphatic heterocycles. The molecular formula is C18H16Cl2N2O2. The molecule has 6 heteroatoms. The van der Waals surface area contributed by atoms with E-state index in [-0.39, 0.29) is 12.5 Å². The third-order valence-corrected chi connectivity index (χ3v) is 4.20. The number of halogens is 2. The van der Waals surface area contributed by atoms with E-state index in [4.69, 9.17) is 33.2 Å². The molecule has 2 aromatic rings. The minimum absolute atomic E-state index is 0.191. The molecule has 0 aromatic heterocycles. The lowest BCUT2D eigenvalue weighted by atomic mass is 9.94. The van der Waals surface area contributed by atoms with E-state index < -0.39 is 5.54 Å². The number of para-hydroxylation sites is 1. The average molecular weight is 363 g/mol. The van der Waals surface area contributed by atoms with Gasteiger partial charge >= 0.3 is 0 Å². The molecule has 2 aromatic carbocycles. The van der Waals surface area contributed by atoms with Crippen LogP contribution in [0.2, 0.25) is 10.0 Å². The molecule has 0 bridgehead atoms. The van der Waals surface area contributed by atoms with Crippen LogP contribution in [0.1, 0.15) is 25.0 Å². The highest BCUT2D eigenvalue weighted by Crippen LogP contribution is 2.28. The lowest BCUT2D eigenvalue weighted by molar-refractivity contribution is -0.124. The van der Waals surface area contributed by atoms with Crippen LogP contribution >= 0.6 is 23.2 Å². The normalized spacial score (nSPS) is 10.8. The molecule has 0 unspecified atom stereocenters. The van der Waals surface area contributed by atoms with Crippen LogP contribution in [0, 0.1) is 11.3 Å². The van der Waals surface area contributed by atoms with Gasteiger partial charge in [-0.25, -0.2) is 0 Å². The number of amides is 1. The quantitative estimate of drug-likeness (QED) is 0.862. The molecule has 0 aliphatic rings. The zero-order valence-electron chi connectivity index (χ0n) is 13.3. The van der Waals surface area contributed by atoms with E-state index in [1.807, 2.05) is 19.9 Å². The number of rotatable bonds is 5. The molecule has 2 rings (SSSR count). The lowest BCUT2D eigenvalue weighted by Crippen LogP contribution is -2.43. The van der Waals surface area contributed by atoms with Crippen molar-refractivity contribution < 1.29 is 9.53 Å². The number of carbonyl (C=O) groups excluding carboxylic acids is 1. The molecule has 1 amide bonds. The number of hydrogen-bond acceptors (Lipinski definition) is 3. The highest BCUT2D eigenvalue weighted by atomic mass is 35.5. The van der Waals surface area contributed by atoms with Gasteiger partial charge in [0.15, 0.2) is 6.61 Å². The minimum Gasteiger partial charge on any atom is -0.482 e. The number of nitrogens with zero attached hydrogens (tertiary/aromatic N) is 1. The van der Waals surface area contributed by atoms with Gasteiger partial charge in [0.25, 0.3) is 5.91 Å². The second-order valence-electron chi connectivity index (χ2n) is 5.70. The van der Waals surface area contributed by atoms with Crippen molar-refractivity contribution in [2.75, 3.05) is 6.61 Å². The summed E-state index contributed by atoms with van der Waals surface area (Å²) < 4.78 is 5.43. The maximum atomic E-state index is 12.2. The first-order chi connectivity index (χ1) is 11.3. The van der Waals surface area contributed by atoms with Gasteiger partial charge in [-0.1, -0.05) is 41.4 Å². The van der Waals surface area contributed by atoms with Crippen molar-refractivity contribution in [3.05, 3.63) is 63.6 Å². The number of nitriles is 1. The predicted octanol–water partition coefficient (Wildman–Crippen LogP) is 4.30. The van der Waals surface area contributed by atoms with Gasteiger partial charge in [-0.3, -0.25) is 4.79 Å². The van der Waals surface area contributed by atoms with Gasteiger partial charge < -0.3 is 10.1 Å². The van der Waals surface area contributed by atoms with E-state index in [9.17, 15) is 4.79 Å². The van der Waals surface area contributed by atoms with Gasteiger partial charge in [-0.2, -0.15) is 5.26 Å². The van der Waals surface area contributed by atoms with Gasteiger partial charge in [0.1, 0.15) is 11.8 Å². The van der Waals surface area contributed by atoms with E-state index in [0.29, 0.717) is 21.4 Å². The maximum Gasteiger partial charge on any atom is 0.258 e. The molecule has 0 atom stereocenters. The standard InChI is InChI=1S/C18H16Cl2N2O2/c1-18(2,13-7-8-14(19)15(20)9-13)22-17(23)11-24-16-6-4-3-5-12(16)10-21/h3-9H,11H2,1-2H3,(H,22,23). The second kappa shape index (κ2) is 7.57. The summed E-state index contributed by atoms with van der Waals surface area (Å²) in [6.07, 6.45) is 0. The molecule has 24 heavy (non-hydrogen) atoms. The van der Waals surface area contributed by atoms with Crippen LogP contribution in [0.25, 0.3) is 0 Å². The van der Waals surface area contributed by atoms with Crippen molar-refractivity contribution in [2.24, 2.45) is 0 Å². The van der Waals surface area contributed by atoms with E-state index >= 15 is 0 Å². The Bertz CT molecular complexity index is 798. The third-order valence-electron chi connectivity index (χ3n) is 3.46. The fourth-order valence-electron chi connectivity index (χ4n) is 2.17. The van der Waals surface area contributed by atoms with Crippen LogP contribution in [-0.2, 0) is 10.3 Å². The second-order valence-corrected chi connectivity index (χ2v) is 6.51. The molecule has 0 fully saturated rings. The Hall–Kier alpha value is -2.22. The predicted molar refractivity (Wildman–Crippen MR) is 94.3 cm³/mol. The zero-order valence-corrected chi connectivity index (χ0v) is 14.8. The summed E-state index contributed by atoms with van der Waals surface area (Å²) in [5, 5.41) is 12.8. The smallest absolute Gasteiger partial charge is 0.258 e. The summed E-state index contributed by atoms with van der Waals surface area (Å²) in [6, 6.07) is 14.0. The molecule has 0 radical (unpaired) electrons. The lowest BCUT2D eigenvalue weighted by Gasteiger charge is -2.27. The summed E-state index contributed by atoms with van der Waals surface area (Å²) in [5.74, 6) is 0.0707. The van der Waals surface area contributed by atoms with Crippen molar-refractivity contribution in [3.8, 4) is 11.8 Å². The number of carbonyl (C=O) groups is 1. The Balaban J connectivity index is 2.03. The van der Waals surface area contributed by atoms with Crippen LogP contribution < -0.4 is 10.1 Å². The number of nitrogens with one attached hydrogen (secondary N) is 1. The van der Waals surface area contributed by atoms with E-state index in [0.717, 1.165) is 5.56 Å². The topological polar surface area (TPSA) is 62.1 Å². The molecule has 0 spiro atoms. The SMILES string of the molecule is CC(C)(NC(=O)COc1ccccc1C#N)c1ccc(Cl)c(Cl)c1. The monoisotopic (exact) mass is 362 g/mol. The third kappa shape index (κ3) is 4.41. The zero-order chi connectivity index (χ0) is 17.7.